The molecule has 0 aliphatic rings. The average molecular weight is 289 g/mol. The van der Waals surface area contributed by atoms with Crippen molar-refractivity contribution in [1.82, 2.24) is 4.98 Å². The zero-order chi connectivity index (χ0) is 15.4. The molecule has 21 heavy (non-hydrogen) atoms. The molecular weight excluding hydrogens is 277 g/mol. The maximum atomic E-state index is 12.7. The molecule has 1 atom stereocenters. The zero-order valence-corrected chi connectivity index (χ0v) is 11.1. The van der Waals surface area contributed by atoms with Gasteiger partial charge < -0.3 is 5.32 Å². The van der Waals surface area contributed by atoms with Crippen LogP contribution in [0.2, 0.25) is 0 Å². The molecule has 0 saturated heterocycles. The molecule has 1 N–H and O–H groups in total. The van der Waals surface area contributed by atoms with Crippen LogP contribution >= 0.6 is 0 Å². The van der Waals surface area contributed by atoms with Crippen LogP contribution in [-0.4, -0.2) is 15.8 Å². The number of anilines is 1. The van der Waals surface area contributed by atoms with E-state index in [-0.39, 0.29) is 11.6 Å². The Balaban J connectivity index is 2.13. The van der Waals surface area contributed by atoms with Crippen LogP contribution < -0.4 is 5.32 Å². The summed E-state index contributed by atoms with van der Waals surface area (Å²) in [6.07, 6.45) is 1.20. The van der Waals surface area contributed by atoms with Gasteiger partial charge in [0.2, 0.25) is 11.9 Å². The topological polar surface area (TPSA) is 85.1 Å². The van der Waals surface area contributed by atoms with Gasteiger partial charge in [-0.15, -0.1) is 0 Å². The molecule has 108 valence electrons. The molecule has 0 aliphatic heterocycles. The molecule has 0 spiro atoms. The summed E-state index contributed by atoms with van der Waals surface area (Å²) < 4.78 is 12.7. The number of benzene rings is 1. The van der Waals surface area contributed by atoms with Crippen molar-refractivity contribution in [1.29, 1.82) is 0 Å². The lowest BCUT2D eigenvalue weighted by atomic mass is 10.00. The Morgan fingerprint density at radius 3 is 2.76 bits per heavy atom. The predicted molar refractivity (Wildman–Crippen MR) is 74.3 cm³/mol. The number of rotatable bonds is 4. The van der Waals surface area contributed by atoms with Crippen LogP contribution in [0.5, 0.6) is 0 Å². The number of pyridine rings is 1. The summed E-state index contributed by atoms with van der Waals surface area (Å²) in [5.74, 6) is -1.58. The molecule has 7 heteroatoms. The maximum absolute atomic E-state index is 12.7. The van der Waals surface area contributed by atoms with Crippen LogP contribution in [0.4, 0.5) is 15.8 Å². The average Bonchev–Trinajstić information content (AvgIpc) is 2.49. The normalized spacial score (nSPS) is 11.7. The van der Waals surface area contributed by atoms with Gasteiger partial charge in [0.05, 0.1) is 22.7 Å². The van der Waals surface area contributed by atoms with Gasteiger partial charge in [-0.05, 0) is 24.6 Å². The molecule has 0 radical (unpaired) electrons. The third kappa shape index (κ3) is 3.59. The fourth-order valence-corrected chi connectivity index (χ4v) is 1.76. The molecule has 1 aromatic carbocycles. The van der Waals surface area contributed by atoms with E-state index in [2.05, 4.69) is 10.3 Å². The first-order chi connectivity index (χ1) is 9.97. The van der Waals surface area contributed by atoms with Crippen molar-refractivity contribution in [3.8, 4) is 0 Å². The molecule has 6 nitrogen and oxygen atoms in total. The number of nitrogens with one attached hydrogen (secondary N) is 1. The lowest BCUT2D eigenvalue weighted by molar-refractivity contribution is -0.384. The lowest BCUT2D eigenvalue weighted by Gasteiger charge is -2.12. The predicted octanol–water partition coefficient (Wildman–Crippen LogP) is 2.87. The first-order valence-electron chi connectivity index (χ1n) is 6.14. The van der Waals surface area contributed by atoms with Crippen molar-refractivity contribution in [2.45, 2.75) is 12.8 Å². The van der Waals surface area contributed by atoms with Crippen LogP contribution in [0.15, 0.2) is 42.6 Å². The van der Waals surface area contributed by atoms with E-state index in [9.17, 15) is 19.3 Å². The number of hydrogen-bond donors (Lipinski definition) is 1. The van der Waals surface area contributed by atoms with Gasteiger partial charge in [-0.2, -0.15) is 4.39 Å². The van der Waals surface area contributed by atoms with E-state index in [1.165, 1.54) is 30.5 Å². The summed E-state index contributed by atoms with van der Waals surface area (Å²) in [4.78, 5) is 25.7. The third-order valence-corrected chi connectivity index (χ3v) is 2.97. The summed E-state index contributed by atoms with van der Waals surface area (Å²) in [6.45, 7) is 1.63. The highest BCUT2D eigenvalue weighted by Gasteiger charge is 2.18. The summed E-state index contributed by atoms with van der Waals surface area (Å²) in [5.41, 5.74) is 0.811. The number of amides is 1. The molecule has 0 aliphatic carbocycles. The van der Waals surface area contributed by atoms with E-state index in [0.29, 0.717) is 11.3 Å². The van der Waals surface area contributed by atoms with E-state index in [1.807, 2.05) is 0 Å². The molecule has 0 saturated carbocycles. The van der Waals surface area contributed by atoms with Crippen LogP contribution in [0.3, 0.4) is 0 Å². The van der Waals surface area contributed by atoms with Gasteiger partial charge in [0.1, 0.15) is 0 Å². The van der Waals surface area contributed by atoms with E-state index < -0.39 is 16.8 Å². The van der Waals surface area contributed by atoms with Crippen molar-refractivity contribution >= 4 is 17.3 Å². The van der Waals surface area contributed by atoms with Crippen LogP contribution in [0.1, 0.15) is 18.4 Å². The molecule has 2 aromatic rings. The minimum absolute atomic E-state index is 0.0735. The Morgan fingerprint density at radius 1 is 1.38 bits per heavy atom. The number of carbonyl (C=O) groups is 1. The SMILES string of the molecule is CC(C(=O)Nc1ccc(F)nc1)c1cccc([N+](=O)[O-])c1. The summed E-state index contributed by atoms with van der Waals surface area (Å²) >= 11 is 0. The smallest absolute Gasteiger partial charge is 0.269 e. The van der Waals surface area contributed by atoms with Gasteiger partial charge in [-0.3, -0.25) is 14.9 Å². The highest BCUT2D eigenvalue weighted by molar-refractivity contribution is 5.95. The van der Waals surface area contributed by atoms with Crippen molar-refractivity contribution < 1.29 is 14.1 Å². The van der Waals surface area contributed by atoms with Crippen LogP contribution in [0, 0.1) is 16.1 Å². The summed E-state index contributed by atoms with van der Waals surface area (Å²) in [7, 11) is 0. The second-order valence-corrected chi connectivity index (χ2v) is 4.43. The minimum Gasteiger partial charge on any atom is -0.324 e. The molecule has 1 heterocycles. The Hall–Kier alpha value is -2.83. The standard InChI is InChI=1S/C14H12FN3O3/c1-9(10-3-2-4-12(7-10)18(20)21)14(19)17-11-5-6-13(15)16-8-11/h2-9H,1H3,(H,17,19). The number of carbonyl (C=O) groups excluding carboxylic acids is 1. The van der Waals surface area contributed by atoms with Crippen molar-refractivity contribution in [3.05, 3.63) is 64.2 Å². The van der Waals surface area contributed by atoms with E-state index in [4.69, 9.17) is 0 Å². The van der Waals surface area contributed by atoms with Gasteiger partial charge in [0.25, 0.3) is 5.69 Å². The van der Waals surface area contributed by atoms with Crippen molar-refractivity contribution in [2.75, 3.05) is 5.32 Å². The van der Waals surface area contributed by atoms with Gasteiger partial charge in [-0.25, -0.2) is 4.98 Å². The summed E-state index contributed by atoms with van der Waals surface area (Å²) in [6, 6.07) is 8.40. The second-order valence-electron chi connectivity index (χ2n) is 4.43. The third-order valence-electron chi connectivity index (χ3n) is 2.97. The molecular formula is C14H12FN3O3. The van der Waals surface area contributed by atoms with Gasteiger partial charge in [0, 0.05) is 12.1 Å². The molecule has 1 amide bonds. The fraction of sp³-hybridized carbons (Fsp3) is 0.143. The monoisotopic (exact) mass is 289 g/mol. The van der Waals surface area contributed by atoms with Crippen LogP contribution in [0.25, 0.3) is 0 Å². The second kappa shape index (κ2) is 6.08. The quantitative estimate of drug-likeness (QED) is 0.532. The number of halogens is 1. The molecule has 2 rings (SSSR count). The summed E-state index contributed by atoms with van der Waals surface area (Å²) in [5, 5.41) is 13.3. The number of nitro groups is 1. The number of non-ortho nitro benzene ring substituents is 1. The van der Waals surface area contributed by atoms with E-state index >= 15 is 0 Å². The molecule has 0 bridgehead atoms. The van der Waals surface area contributed by atoms with E-state index in [1.54, 1.807) is 13.0 Å². The number of aromatic nitrogens is 1. The minimum atomic E-state index is -0.639. The maximum Gasteiger partial charge on any atom is 0.269 e. The Labute approximate surface area is 119 Å². The number of nitro benzene ring substituents is 1. The zero-order valence-electron chi connectivity index (χ0n) is 11.1. The largest absolute Gasteiger partial charge is 0.324 e. The van der Waals surface area contributed by atoms with E-state index in [0.717, 1.165) is 6.07 Å². The number of nitrogens with zero attached hydrogens (tertiary/aromatic N) is 2. The molecule has 0 fully saturated rings. The van der Waals surface area contributed by atoms with Gasteiger partial charge in [-0.1, -0.05) is 12.1 Å². The Morgan fingerprint density at radius 2 is 2.14 bits per heavy atom. The number of hydrogen-bond acceptors (Lipinski definition) is 4. The van der Waals surface area contributed by atoms with Gasteiger partial charge >= 0.3 is 0 Å². The highest BCUT2D eigenvalue weighted by Crippen LogP contribution is 2.22. The van der Waals surface area contributed by atoms with Gasteiger partial charge in [0.15, 0.2) is 0 Å². The first kappa shape index (κ1) is 14.6. The lowest BCUT2D eigenvalue weighted by Crippen LogP contribution is -2.19. The first-order valence-corrected chi connectivity index (χ1v) is 6.14. The highest BCUT2D eigenvalue weighted by atomic mass is 19.1. The Kier molecular flexibility index (Phi) is 4.22. The van der Waals surface area contributed by atoms with Crippen molar-refractivity contribution in [3.63, 3.8) is 0 Å². The van der Waals surface area contributed by atoms with Crippen LogP contribution in [-0.2, 0) is 4.79 Å². The Bertz CT molecular complexity index is 673. The molecule has 1 unspecified atom stereocenters. The van der Waals surface area contributed by atoms with Crippen molar-refractivity contribution in [2.24, 2.45) is 0 Å². The fourth-order valence-electron chi connectivity index (χ4n) is 1.76. The molecule has 1 aromatic heterocycles.